The summed E-state index contributed by atoms with van der Waals surface area (Å²) in [5.41, 5.74) is 1.04. The van der Waals surface area contributed by atoms with Gasteiger partial charge in [-0.1, -0.05) is 30.3 Å². The number of likely N-dealkylation sites (N-methyl/N-ethyl adjacent to an activating group) is 1. The Morgan fingerprint density at radius 3 is 2.70 bits per heavy atom. The number of rotatable bonds is 5. The normalized spacial score (nSPS) is 20.6. The summed E-state index contributed by atoms with van der Waals surface area (Å²) in [4.78, 5) is 25.2. The Balaban J connectivity index is 2.19. The van der Waals surface area contributed by atoms with E-state index >= 15 is 0 Å². The minimum absolute atomic E-state index is 0.123. The number of likely N-dealkylation sites (tertiary alicyclic amines) is 1. The fourth-order valence-corrected chi connectivity index (χ4v) is 2.79. The number of carboxylic acid groups (broad SMARTS) is 1. The summed E-state index contributed by atoms with van der Waals surface area (Å²) in [5, 5.41) is 11.9. The zero-order chi connectivity index (χ0) is 14.5. The molecule has 1 amide bonds. The van der Waals surface area contributed by atoms with Crippen molar-refractivity contribution in [3.63, 3.8) is 0 Å². The summed E-state index contributed by atoms with van der Waals surface area (Å²) in [6.07, 6.45) is 1.96. The summed E-state index contributed by atoms with van der Waals surface area (Å²) >= 11 is 0. The first-order valence-corrected chi connectivity index (χ1v) is 6.87. The van der Waals surface area contributed by atoms with Crippen LogP contribution in [0.15, 0.2) is 30.3 Å². The van der Waals surface area contributed by atoms with Crippen LogP contribution >= 0.6 is 0 Å². The fourth-order valence-electron chi connectivity index (χ4n) is 2.79. The number of nitrogens with zero attached hydrogens (tertiary/aromatic N) is 1. The maximum absolute atomic E-state index is 12.1. The molecule has 0 spiro atoms. The standard InChI is InChI=1S/C15H20N2O3/c1-16-14(18)13(10-11-6-3-2-4-7-11)17-9-5-8-12(17)15(19)20/h2-4,6-7,12-13H,5,8-10H2,1H3,(H,16,18)(H,19,20)/t12-,13+/m0/s1. The minimum atomic E-state index is -0.843. The van der Waals surface area contributed by atoms with E-state index in [0.717, 1.165) is 12.0 Å². The van der Waals surface area contributed by atoms with E-state index in [-0.39, 0.29) is 5.91 Å². The van der Waals surface area contributed by atoms with Crippen molar-refractivity contribution < 1.29 is 14.7 Å². The lowest BCUT2D eigenvalue weighted by atomic mass is 10.0. The van der Waals surface area contributed by atoms with Crippen molar-refractivity contribution in [2.45, 2.75) is 31.3 Å². The highest BCUT2D eigenvalue weighted by molar-refractivity contribution is 5.83. The number of hydrogen-bond donors (Lipinski definition) is 2. The molecule has 2 rings (SSSR count). The molecule has 108 valence electrons. The molecule has 1 heterocycles. The van der Waals surface area contributed by atoms with E-state index in [9.17, 15) is 14.7 Å². The first-order chi connectivity index (χ1) is 9.63. The van der Waals surface area contributed by atoms with Crippen molar-refractivity contribution >= 4 is 11.9 Å². The molecule has 1 aliphatic heterocycles. The number of aliphatic carboxylic acids is 1. The SMILES string of the molecule is CNC(=O)[C@@H](Cc1ccccc1)N1CCC[C@H]1C(=O)O. The molecule has 2 atom stereocenters. The summed E-state index contributed by atoms with van der Waals surface area (Å²) in [7, 11) is 1.59. The molecule has 0 unspecified atom stereocenters. The molecule has 0 aliphatic carbocycles. The van der Waals surface area contributed by atoms with Gasteiger partial charge in [-0.3, -0.25) is 14.5 Å². The molecule has 2 N–H and O–H groups in total. The van der Waals surface area contributed by atoms with Crippen LogP contribution in [0.2, 0.25) is 0 Å². The molecule has 1 aromatic rings. The Kier molecular flexibility index (Phi) is 4.74. The predicted molar refractivity (Wildman–Crippen MR) is 75.4 cm³/mol. The number of benzene rings is 1. The Bertz CT molecular complexity index is 475. The topological polar surface area (TPSA) is 69.6 Å². The van der Waals surface area contributed by atoms with Gasteiger partial charge in [-0.15, -0.1) is 0 Å². The molecule has 1 saturated heterocycles. The smallest absolute Gasteiger partial charge is 0.320 e. The van der Waals surface area contributed by atoms with Gasteiger partial charge < -0.3 is 10.4 Å². The van der Waals surface area contributed by atoms with Gasteiger partial charge >= 0.3 is 5.97 Å². The highest BCUT2D eigenvalue weighted by Gasteiger charge is 2.38. The molecule has 0 bridgehead atoms. The number of nitrogens with one attached hydrogen (secondary N) is 1. The van der Waals surface area contributed by atoms with E-state index in [0.29, 0.717) is 19.4 Å². The zero-order valence-corrected chi connectivity index (χ0v) is 11.6. The Morgan fingerprint density at radius 1 is 1.40 bits per heavy atom. The van der Waals surface area contributed by atoms with Crippen molar-refractivity contribution in [1.82, 2.24) is 10.2 Å². The average Bonchev–Trinajstić information content (AvgIpc) is 2.94. The van der Waals surface area contributed by atoms with Crippen LogP contribution < -0.4 is 5.32 Å². The second kappa shape index (κ2) is 6.52. The Labute approximate surface area is 118 Å². The number of hydrogen-bond acceptors (Lipinski definition) is 3. The van der Waals surface area contributed by atoms with Crippen LogP contribution in [0.5, 0.6) is 0 Å². The van der Waals surface area contributed by atoms with Crippen LogP contribution in [0.1, 0.15) is 18.4 Å². The van der Waals surface area contributed by atoms with Crippen molar-refractivity contribution in [3.8, 4) is 0 Å². The van der Waals surface area contributed by atoms with Crippen LogP contribution in [0.3, 0.4) is 0 Å². The van der Waals surface area contributed by atoms with Crippen LogP contribution in [-0.4, -0.2) is 47.6 Å². The van der Waals surface area contributed by atoms with Crippen LogP contribution in [-0.2, 0) is 16.0 Å². The molecule has 1 aliphatic rings. The van der Waals surface area contributed by atoms with E-state index in [2.05, 4.69) is 5.32 Å². The van der Waals surface area contributed by atoms with Gasteiger partial charge in [0.15, 0.2) is 0 Å². The van der Waals surface area contributed by atoms with E-state index in [1.54, 1.807) is 7.05 Å². The molecule has 1 aromatic carbocycles. The fraction of sp³-hybridized carbons (Fsp3) is 0.467. The first kappa shape index (κ1) is 14.5. The number of carboxylic acids is 1. The molecular formula is C15H20N2O3. The van der Waals surface area contributed by atoms with Gasteiger partial charge in [0, 0.05) is 7.05 Å². The average molecular weight is 276 g/mol. The van der Waals surface area contributed by atoms with Crippen LogP contribution in [0.25, 0.3) is 0 Å². The van der Waals surface area contributed by atoms with Gasteiger partial charge in [-0.2, -0.15) is 0 Å². The Hall–Kier alpha value is -1.88. The van der Waals surface area contributed by atoms with Gasteiger partial charge in [0.1, 0.15) is 6.04 Å². The lowest BCUT2D eigenvalue weighted by Gasteiger charge is -2.29. The number of carbonyl (C=O) groups is 2. The monoisotopic (exact) mass is 276 g/mol. The molecule has 0 aromatic heterocycles. The molecule has 5 nitrogen and oxygen atoms in total. The molecule has 0 saturated carbocycles. The van der Waals surface area contributed by atoms with Crippen LogP contribution in [0.4, 0.5) is 0 Å². The van der Waals surface area contributed by atoms with E-state index in [4.69, 9.17) is 0 Å². The van der Waals surface area contributed by atoms with E-state index < -0.39 is 18.1 Å². The third-order valence-corrected chi connectivity index (χ3v) is 3.80. The zero-order valence-electron chi connectivity index (χ0n) is 11.6. The number of amides is 1. The highest BCUT2D eigenvalue weighted by atomic mass is 16.4. The predicted octanol–water partition coefficient (Wildman–Crippen LogP) is 0.893. The quantitative estimate of drug-likeness (QED) is 0.838. The maximum atomic E-state index is 12.1. The summed E-state index contributed by atoms with van der Waals surface area (Å²) in [5.74, 6) is -0.966. The largest absolute Gasteiger partial charge is 0.480 e. The van der Waals surface area contributed by atoms with Crippen molar-refractivity contribution in [2.75, 3.05) is 13.6 Å². The molecule has 20 heavy (non-hydrogen) atoms. The van der Waals surface area contributed by atoms with Gasteiger partial charge in [0.2, 0.25) is 5.91 Å². The second-order valence-corrected chi connectivity index (χ2v) is 5.05. The van der Waals surface area contributed by atoms with Crippen LogP contribution in [0, 0.1) is 0 Å². The van der Waals surface area contributed by atoms with Gasteiger partial charge in [0.25, 0.3) is 0 Å². The summed E-state index contributed by atoms with van der Waals surface area (Å²) < 4.78 is 0. The maximum Gasteiger partial charge on any atom is 0.320 e. The van der Waals surface area contributed by atoms with Gasteiger partial charge in [0.05, 0.1) is 6.04 Å². The molecular weight excluding hydrogens is 256 g/mol. The lowest BCUT2D eigenvalue weighted by Crippen LogP contribution is -2.51. The second-order valence-electron chi connectivity index (χ2n) is 5.05. The third kappa shape index (κ3) is 3.17. The van der Waals surface area contributed by atoms with Gasteiger partial charge in [-0.25, -0.2) is 0 Å². The number of carbonyl (C=O) groups excluding carboxylic acids is 1. The minimum Gasteiger partial charge on any atom is -0.480 e. The summed E-state index contributed by atoms with van der Waals surface area (Å²) in [6, 6.07) is 8.72. The van der Waals surface area contributed by atoms with Gasteiger partial charge in [-0.05, 0) is 31.4 Å². The molecule has 5 heteroatoms. The van der Waals surface area contributed by atoms with Crippen molar-refractivity contribution in [1.29, 1.82) is 0 Å². The summed E-state index contributed by atoms with van der Waals surface area (Å²) in [6.45, 7) is 0.655. The van der Waals surface area contributed by atoms with Crippen molar-refractivity contribution in [3.05, 3.63) is 35.9 Å². The third-order valence-electron chi connectivity index (χ3n) is 3.80. The van der Waals surface area contributed by atoms with Crippen molar-refractivity contribution in [2.24, 2.45) is 0 Å². The molecule has 0 radical (unpaired) electrons. The van der Waals surface area contributed by atoms with E-state index in [1.165, 1.54) is 0 Å². The first-order valence-electron chi connectivity index (χ1n) is 6.87. The molecule has 1 fully saturated rings. The Morgan fingerprint density at radius 2 is 2.10 bits per heavy atom. The highest BCUT2D eigenvalue weighted by Crippen LogP contribution is 2.22. The lowest BCUT2D eigenvalue weighted by molar-refractivity contribution is -0.144. The van der Waals surface area contributed by atoms with E-state index in [1.807, 2.05) is 35.2 Å².